The molecule has 0 spiro atoms. The molecule has 1 saturated heterocycles. The van der Waals surface area contributed by atoms with E-state index in [1.54, 1.807) is 0 Å². The third-order valence-electron chi connectivity index (χ3n) is 3.25. The van der Waals surface area contributed by atoms with Gasteiger partial charge in [-0.1, -0.05) is 6.92 Å². The van der Waals surface area contributed by atoms with E-state index in [2.05, 4.69) is 32.9 Å². The molecule has 15 heavy (non-hydrogen) atoms. The second kappa shape index (κ2) is 4.66. The molecule has 1 aliphatic heterocycles. The first kappa shape index (κ1) is 10.5. The molecule has 1 atom stereocenters. The molecule has 2 rings (SSSR count). The van der Waals surface area contributed by atoms with Gasteiger partial charge in [-0.25, -0.2) is 4.98 Å². The summed E-state index contributed by atoms with van der Waals surface area (Å²) in [5.41, 5.74) is 0. The second-order valence-corrected chi connectivity index (χ2v) is 4.08. The quantitative estimate of drug-likeness (QED) is 0.812. The second-order valence-electron chi connectivity index (χ2n) is 4.08. The summed E-state index contributed by atoms with van der Waals surface area (Å²) in [7, 11) is 1.92. The lowest BCUT2D eigenvalue weighted by Crippen LogP contribution is -2.32. The van der Waals surface area contributed by atoms with Gasteiger partial charge in [0.1, 0.15) is 0 Å². The van der Waals surface area contributed by atoms with Gasteiger partial charge in [-0.3, -0.25) is 4.90 Å². The number of nitrogens with one attached hydrogen (secondary N) is 1. The molecule has 4 heteroatoms. The van der Waals surface area contributed by atoms with E-state index < -0.39 is 0 Å². The van der Waals surface area contributed by atoms with Gasteiger partial charge in [0.2, 0.25) is 5.95 Å². The van der Waals surface area contributed by atoms with E-state index in [1.807, 2.05) is 13.2 Å². The predicted octanol–water partition coefficient (Wildman–Crippen LogP) is 1.41. The number of likely N-dealkylation sites (N-methyl/N-ethyl adjacent to an activating group) is 1. The van der Waals surface area contributed by atoms with Crippen LogP contribution in [0.15, 0.2) is 12.4 Å². The Kier molecular flexibility index (Phi) is 3.26. The van der Waals surface area contributed by atoms with Crippen LogP contribution < -0.4 is 5.32 Å². The van der Waals surface area contributed by atoms with Crippen LogP contribution in [0.3, 0.4) is 0 Å². The first-order chi connectivity index (χ1) is 7.35. The molecular formula is C11H20N4. The molecule has 1 fully saturated rings. The molecule has 0 amide bonds. The van der Waals surface area contributed by atoms with Crippen molar-refractivity contribution in [1.29, 1.82) is 0 Å². The van der Waals surface area contributed by atoms with Crippen molar-refractivity contribution in [3.05, 3.63) is 12.4 Å². The topological polar surface area (TPSA) is 33.1 Å². The Labute approximate surface area is 91.3 Å². The molecule has 0 bridgehead atoms. The zero-order valence-electron chi connectivity index (χ0n) is 9.61. The fourth-order valence-corrected chi connectivity index (χ4v) is 2.43. The molecule has 1 N–H and O–H groups in total. The zero-order chi connectivity index (χ0) is 10.7. The van der Waals surface area contributed by atoms with E-state index in [0.717, 1.165) is 19.0 Å². The van der Waals surface area contributed by atoms with Crippen LogP contribution in [0.2, 0.25) is 0 Å². The minimum atomic E-state index is 0.691. The van der Waals surface area contributed by atoms with E-state index in [4.69, 9.17) is 0 Å². The highest BCUT2D eigenvalue weighted by atomic mass is 15.2. The molecule has 0 saturated carbocycles. The molecular weight excluding hydrogens is 188 g/mol. The van der Waals surface area contributed by atoms with Crippen molar-refractivity contribution in [2.45, 2.75) is 32.4 Å². The highest BCUT2D eigenvalue weighted by Crippen LogP contribution is 2.19. The van der Waals surface area contributed by atoms with Crippen LogP contribution in [-0.4, -0.2) is 40.6 Å². The summed E-state index contributed by atoms with van der Waals surface area (Å²) < 4.78 is 2.21. The van der Waals surface area contributed by atoms with E-state index in [9.17, 15) is 0 Å². The van der Waals surface area contributed by atoms with Crippen LogP contribution in [0.5, 0.6) is 0 Å². The van der Waals surface area contributed by atoms with Crippen molar-refractivity contribution in [3.63, 3.8) is 0 Å². The largest absolute Gasteiger partial charge is 0.359 e. The predicted molar refractivity (Wildman–Crippen MR) is 62.0 cm³/mol. The Balaban J connectivity index is 2.01. The average molecular weight is 208 g/mol. The molecule has 1 aromatic heterocycles. The van der Waals surface area contributed by atoms with Gasteiger partial charge in [0, 0.05) is 32.0 Å². The Bertz CT molecular complexity index is 307. The number of imidazole rings is 1. The number of nitrogens with zero attached hydrogens (tertiary/aromatic N) is 3. The van der Waals surface area contributed by atoms with E-state index >= 15 is 0 Å². The van der Waals surface area contributed by atoms with Gasteiger partial charge < -0.3 is 9.88 Å². The minimum Gasteiger partial charge on any atom is -0.359 e. The van der Waals surface area contributed by atoms with Crippen LogP contribution >= 0.6 is 0 Å². The molecule has 4 nitrogen and oxygen atoms in total. The van der Waals surface area contributed by atoms with Crippen molar-refractivity contribution >= 4 is 5.95 Å². The van der Waals surface area contributed by atoms with Gasteiger partial charge in [-0.15, -0.1) is 0 Å². The van der Waals surface area contributed by atoms with Gasteiger partial charge in [0.05, 0.1) is 0 Å². The van der Waals surface area contributed by atoms with Crippen molar-refractivity contribution in [3.8, 4) is 0 Å². The Morgan fingerprint density at radius 2 is 2.47 bits per heavy atom. The average Bonchev–Trinajstić information content (AvgIpc) is 2.87. The van der Waals surface area contributed by atoms with Crippen LogP contribution in [0.1, 0.15) is 19.8 Å². The summed E-state index contributed by atoms with van der Waals surface area (Å²) >= 11 is 0. The standard InChI is InChI=1S/C11H20N4/c1-3-14-7-4-5-10(14)9-15-8-6-13-11(15)12-2/h6,8,10H,3-5,7,9H2,1-2H3,(H,12,13). The van der Waals surface area contributed by atoms with Gasteiger partial charge in [0.15, 0.2) is 0 Å². The lowest BCUT2D eigenvalue weighted by Gasteiger charge is -2.23. The number of hydrogen-bond donors (Lipinski definition) is 1. The van der Waals surface area contributed by atoms with Gasteiger partial charge >= 0.3 is 0 Å². The van der Waals surface area contributed by atoms with Crippen molar-refractivity contribution in [2.24, 2.45) is 0 Å². The summed E-state index contributed by atoms with van der Waals surface area (Å²) in [6, 6.07) is 0.691. The highest BCUT2D eigenvalue weighted by Gasteiger charge is 2.23. The maximum Gasteiger partial charge on any atom is 0.202 e. The molecule has 1 aliphatic rings. The van der Waals surface area contributed by atoms with Gasteiger partial charge in [-0.2, -0.15) is 0 Å². The Morgan fingerprint density at radius 1 is 1.60 bits per heavy atom. The Morgan fingerprint density at radius 3 is 3.20 bits per heavy atom. The zero-order valence-corrected chi connectivity index (χ0v) is 9.61. The van der Waals surface area contributed by atoms with E-state index in [1.165, 1.54) is 19.4 Å². The number of likely N-dealkylation sites (tertiary alicyclic amines) is 1. The lowest BCUT2D eigenvalue weighted by molar-refractivity contribution is 0.245. The number of rotatable bonds is 4. The number of anilines is 1. The van der Waals surface area contributed by atoms with Crippen molar-refractivity contribution in [2.75, 3.05) is 25.5 Å². The summed E-state index contributed by atoms with van der Waals surface area (Å²) in [5.74, 6) is 0.970. The monoisotopic (exact) mass is 208 g/mol. The molecule has 1 aromatic rings. The maximum atomic E-state index is 4.26. The highest BCUT2D eigenvalue weighted by molar-refractivity contribution is 5.24. The smallest absolute Gasteiger partial charge is 0.202 e. The third-order valence-corrected chi connectivity index (χ3v) is 3.25. The summed E-state index contributed by atoms with van der Waals surface area (Å²) in [4.78, 5) is 6.82. The summed E-state index contributed by atoms with van der Waals surface area (Å²) in [6.07, 6.45) is 6.56. The van der Waals surface area contributed by atoms with E-state index in [-0.39, 0.29) is 0 Å². The molecule has 0 radical (unpaired) electrons. The molecule has 0 aromatic carbocycles. The van der Waals surface area contributed by atoms with Crippen LogP contribution in [-0.2, 0) is 6.54 Å². The van der Waals surface area contributed by atoms with Gasteiger partial charge in [0.25, 0.3) is 0 Å². The Hall–Kier alpha value is -1.03. The summed E-state index contributed by atoms with van der Waals surface area (Å²) in [6.45, 7) is 5.72. The first-order valence-corrected chi connectivity index (χ1v) is 5.78. The first-order valence-electron chi connectivity index (χ1n) is 5.78. The SMILES string of the molecule is CCN1CCCC1Cn1ccnc1NC. The molecule has 0 aliphatic carbocycles. The lowest BCUT2D eigenvalue weighted by atomic mass is 10.2. The van der Waals surface area contributed by atoms with Crippen LogP contribution in [0.25, 0.3) is 0 Å². The van der Waals surface area contributed by atoms with Crippen LogP contribution in [0.4, 0.5) is 5.95 Å². The normalized spacial score (nSPS) is 22.1. The number of hydrogen-bond acceptors (Lipinski definition) is 3. The fraction of sp³-hybridized carbons (Fsp3) is 0.727. The number of aromatic nitrogens is 2. The van der Waals surface area contributed by atoms with E-state index in [0.29, 0.717) is 6.04 Å². The van der Waals surface area contributed by atoms with Crippen molar-refractivity contribution in [1.82, 2.24) is 14.5 Å². The minimum absolute atomic E-state index is 0.691. The summed E-state index contributed by atoms with van der Waals surface area (Å²) in [5, 5.41) is 3.12. The van der Waals surface area contributed by atoms with Crippen molar-refractivity contribution < 1.29 is 0 Å². The van der Waals surface area contributed by atoms with Gasteiger partial charge in [-0.05, 0) is 25.9 Å². The third kappa shape index (κ3) is 2.15. The fourth-order valence-electron chi connectivity index (χ4n) is 2.43. The maximum absolute atomic E-state index is 4.26. The molecule has 2 heterocycles. The molecule has 1 unspecified atom stereocenters. The molecule has 84 valence electrons. The van der Waals surface area contributed by atoms with Crippen LogP contribution in [0, 0.1) is 0 Å².